The predicted molar refractivity (Wildman–Crippen MR) is 37.7 cm³/mol. The third kappa shape index (κ3) is 0.897. The number of phenols is 1. The van der Waals surface area contributed by atoms with Crippen LogP contribution in [0.4, 0.5) is 0 Å². The second-order valence-electron chi connectivity index (χ2n) is 1.79. The summed E-state index contributed by atoms with van der Waals surface area (Å²) in [4.78, 5) is 0. The molecule has 0 aliphatic carbocycles. The summed E-state index contributed by atoms with van der Waals surface area (Å²) in [6.07, 6.45) is 0. The van der Waals surface area contributed by atoms with Crippen LogP contribution in [0, 0.1) is 0 Å². The number of aromatic hydroxyl groups is 1. The molecule has 0 spiro atoms. The molecule has 0 saturated heterocycles. The van der Waals surface area contributed by atoms with Gasteiger partial charge in [0.15, 0.2) is 0 Å². The number of hydrogen-bond acceptors (Lipinski definition) is 1. The quantitative estimate of drug-likeness (QED) is 0.457. The van der Waals surface area contributed by atoms with E-state index in [1.807, 2.05) is 18.2 Å². The highest BCUT2D eigenvalue weighted by molar-refractivity contribution is 6.34. The molecule has 0 radical (unpaired) electrons. The van der Waals surface area contributed by atoms with E-state index in [9.17, 15) is 0 Å². The van der Waals surface area contributed by atoms with Gasteiger partial charge in [-0.3, -0.25) is 0 Å². The Morgan fingerprint density at radius 1 is 1.25 bits per heavy atom. The molecule has 0 amide bonds. The number of rotatable bonds is 0. The zero-order valence-corrected chi connectivity index (χ0v) is 6.76. The van der Waals surface area contributed by atoms with Crippen molar-refractivity contribution in [3.8, 4) is 5.75 Å². The SMILES string of the molecule is Oc1ccccc1[SiH3]. The van der Waals surface area contributed by atoms with E-state index in [2.05, 4.69) is 0 Å². The predicted octanol–water partition coefficient (Wildman–Crippen LogP) is -0.617. The number of benzene rings is 1. The lowest BCUT2D eigenvalue weighted by atomic mass is 10.3. The van der Waals surface area contributed by atoms with Gasteiger partial charge in [0.25, 0.3) is 0 Å². The third-order valence-electron chi connectivity index (χ3n) is 1.12. The van der Waals surface area contributed by atoms with Gasteiger partial charge < -0.3 is 5.11 Å². The molecule has 1 aromatic carbocycles. The highest BCUT2D eigenvalue weighted by Crippen LogP contribution is 1.98. The molecule has 0 aliphatic rings. The van der Waals surface area contributed by atoms with Crippen LogP contribution in [0.1, 0.15) is 0 Å². The van der Waals surface area contributed by atoms with Gasteiger partial charge in [-0.25, -0.2) is 0 Å². The maximum absolute atomic E-state index is 8.95. The maximum Gasteiger partial charge on any atom is 0.113 e. The second kappa shape index (κ2) is 2.00. The van der Waals surface area contributed by atoms with Gasteiger partial charge >= 0.3 is 0 Å². The van der Waals surface area contributed by atoms with E-state index in [4.69, 9.17) is 5.11 Å². The Balaban J connectivity index is 3.13. The van der Waals surface area contributed by atoms with Crippen molar-refractivity contribution in [2.24, 2.45) is 0 Å². The molecule has 0 fully saturated rings. The van der Waals surface area contributed by atoms with E-state index < -0.39 is 0 Å². The van der Waals surface area contributed by atoms with Gasteiger partial charge in [-0.1, -0.05) is 18.2 Å². The van der Waals surface area contributed by atoms with Crippen molar-refractivity contribution in [3.05, 3.63) is 24.3 Å². The third-order valence-corrected chi connectivity index (χ3v) is 1.96. The topological polar surface area (TPSA) is 20.2 Å². The first-order valence-electron chi connectivity index (χ1n) is 2.55. The van der Waals surface area contributed by atoms with E-state index in [1.54, 1.807) is 6.07 Å². The lowest BCUT2D eigenvalue weighted by Gasteiger charge is -1.92. The van der Waals surface area contributed by atoms with Crippen molar-refractivity contribution in [2.45, 2.75) is 0 Å². The standard InChI is InChI=1S/C6H8OSi/c7-5-3-1-2-4-6(5)8/h1-4,7H,8H3. The van der Waals surface area contributed by atoms with Crippen LogP contribution in [0.3, 0.4) is 0 Å². The Hall–Kier alpha value is -0.763. The number of para-hydroxylation sites is 1. The molecule has 0 saturated carbocycles. The van der Waals surface area contributed by atoms with Gasteiger partial charge in [-0.2, -0.15) is 0 Å². The minimum atomic E-state index is 0.430. The summed E-state index contributed by atoms with van der Waals surface area (Å²) in [5.74, 6) is 0.430. The average molecular weight is 124 g/mol. The fourth-order valence-corrected chi connectivity index (χ4v) is 0.923. The van der Waals surface area contributed by atoms with E-state index in [1.165, 1.54) is 0 Å². The Morgan fingerprint density at radius 3 is 2.25 bits per heavy atom. The van der Waals surface area contributed by atoms with Gasteiger partial charge in [0, 0.05) is 10.2 Å². The van der Waals surface area contributed by atoms with Gasteiger partial charge in [0.05, 0.1) is 0 Å². The van der Waals surface area contributed by atoms with Crippen LogP contribution in [0.2, 0.25) is 0 Å². The van der Waals surface area contributed by atoms with Crippen LogP contribution in [-0.4, -0.2) is 15.3 Å². The summed E-state index contributed by atoms with van der Waals surface area (Å²) in [6.45, 7) is 0. The van der Waals surface area contributed by atoms with E-state index in [0.717, 1.165) is 15.4 Å². The number of hydrogen-bond donors (Lipinski definition) is 1. The van der Waals surface area contributed by atoms with Crippen molar-refractivity contribution < 1.29 is 5.11 Å². The molecule has 8 heavy (non-hydrogen) atoms. The van der Waals surface area contributed by atoms with Crippen molar-refractivity contribution in [1.29, 1.82) is 0 Å². The second-order valence-corrected chi connectivity index (χ2v) is 2.86. The van der Waals surface area contributed by atoms with Crippen LogP contribution in [-0.2, 0) is 0 Å². The molecule has 1 rings (SSSR count). The lowest BCUT2D eigenvalue weighted by molar-refractivity contribution is 0.479. The van der Waals surface area contributed by atoms with Crippen molar-refractivity contribution in [1.82, 2.24) is 0 Å². The smallest absolute Gasteiger partial charge is 0.113 e. The van der Waals surface area contributed by atoms with E-state index in [0.29, 0.717) is 5.75 Å². The minimum Gasteiger partial charge on any atom is -0.508 e. The first kappa shape index (κ1) is 5.38. The van der Waals surface area contributed by atoms with Crippen LogP contribution in [0.15, 0.2) is 24.3 Å². The molecule has 1 N–H and O–H groups in total. The summed E-state index contributed by atoms with van der Waals surface area (Å²) in [6, 6.07) is 7.41. The molecule has 0 unspecified atom stereocenters. The summed E-state index contributed by atoms with van der Waals surface area (Å²) in [5.41, 5.74) is 0. The molecule has 1 aromatic rings. The minimum absolute atomic E-state index is 0.430. The van der Waals surface area contributed by atoms with E-state index in [-0.39, 0.29) is 0 Å². The zero-order chi connectivity index (χ0) is 5.98. The van der Waals surface area contributed by atoms with Crippen LogP contribution < -0.4 is 5.19 Å². The molecular formula is C6H8OSi. The largest absolute Gasteiger partial charge is 0.508 e. The first-order valence-corrected chi connectivity index (χ1v) is 3.55. The van der Waals surface area contributed by atoms with Crippen molar-refractivity contribution in [2.75, 3.05) is 0 Å². The fourth-order valence-electron chi connectivity index (χ4n) is 0.563. The lowest BCUT2D eigenvalue weighted by Crippen LogP contribution is -1.99. The zero-order valence-electron chi connectivity index (χ0n) is 4.76. The molecule has 0 aliphatic heterocycles. The first-order chi connectivity index (χ1) is 3.80. The highest BCUT2D eigenvalue weighted by Gasteiger charge is 1.86. The normalized spacial score (nSPS) is 9.50. The van der Waals surface area contributed by atoms with Gasteiger partial charge in [0.1, 0.15) is 5.75 Å². The molecule has 0 heterocycles. The van der Waals surface area contributed by atoms with Gasteiger partial charge in [0.2, 0.25) is 0 Å². The van der Waals surface area contributed by atoms with Crippen LogP contribution in [0.5, 0.6) is 5.75 Å². The highest BCUT2D eigenvalue weighted by atomic mass is 28.1. The van der Waals surface area contributed by atoms with Crippen LogP contribution >= 0.6 is 0 Å². The Labute approximate surface area is 51.4 Å². The Kier molecular flexibility index (Phi) is 1.35. The summed E-state index contributed by atoms with van der Waals surface area (Å²) >= 11 is 0. The summed E-state index contributed by atoms with van der Waals surface area (Å²) < 4.78 is 0. The molecule has 0 bridgehead atoms. The van der Waals surface area contributed by atoms with Crippen LogP contribution in [0.25, 0.3) is 0 Å². The monoisotopic (exact) mass is 124 g/mol. The van der Waals surface area contributed by atoms with Gasteiger partial charge in [-0.05, 0) is 11.3 Å². The summed E-state index contributed by atoms with van der Waals surface area (Å²) in [5, 5.41) is 10.0. The molecule has 1 nitrogen and oxygen atoms in total. The van der Waals surface area contributed by atoms with Gasteiger partial charge in [-0.15, -0.1) is 0 Å². The molecular weight excluding hydrogens is 116 g/mol. The Bertz CT molecular complexity index is 165. The molecule has 42 valence electrons. The van der Waals surface area contributed by atoms with E-state index >= 15 is 0 Å². The van der Waals surface area contributed by atoms with Crippen molar-refractivity contribution >= 4 is 15.4 Å². The molecule has 0 atom stereocenters. The molecule has 0 aromatic heterocycles. The fraction of sp³-hybridized carbons (Fsp3) is 0. The average Bonchev–Trinajstić information content (AvgIpc) is 1.77. The number of phenolic OH excluding ortho intramolecular Hbond substituents is 1. The maximum atomic E-state index is 8.95. The van der Waals surface area contributed by atoms with Crippen molar-refractivity contribution in [3.63, 3.8) is 0 Å². The Morgan fingerprint density at radius 2 is 1.88 bits per heavy atom. The summed E-state index contributed by atoms with van der Waals surface area (Å²) in [7, 11) is 0.926. The molecule has 2 heteroatoms.